The maximum absolute atomic E-state index is 6.28. The molecule has 0 bridgehead atoms. The number of rotatable bonds is 4. The summed E-state index contributed by atoms with van der Waals surface area (Å²) in [7, 11) is 0. The van der Waals surface area contributed by atoms with Crippen LogP contribution < -0.4 is 5.73 Å². The van der Waals surface area contributed by atoms with Gasteiger partial charge in [-0.25, -0.2) is 0 Å². The summed E-state index contributed by atoms with van der Waals surface area (Å²) in [6, 6.07) is 6.54. The summed E-state index contributed by atoms with van der Waals surface area (Å²) >= 11 is 9.80. The molecule has 2 nitrogen and oxygen atoms in total. The van der Waals surface area contributed by atoms with Crippen molar-refractivity contribution in [2.24, 2.45) is 11.7 Å². The zero-order valence-corrected chi connectivity index (χ0v) is 13.8. The Morgan fingerprint density at radius 2 is 2.26 bits per heavy atom. The van der Waals surface area contributed by atoms with Crippen LogP contribution in [-0.4, -0.2) is 24.0 Å². The maximum Gasteiger partial charge on any atom is 0.0451 e. The highest BCUT2D eigenvalue weighted by atomic mass is 79.9. The molecule has 4 heteroatoms. The van der Waals surface area contributed by atoms with Gasteiger partial charge in [-0.1, -0.05) is 40.9 Å². The first-order valence-corrected chi connectivity index (χ1v) is 8.19. The lowest BCUT2D eigenvalue weighted by Gasteiger charge is -2.39. The van der Waals surface area contributed by atoms with Crippen LogP contribution in [0.1, 0.15) is 31.7 Å². The molecule has 1 saturated heterocycles. The van der Waals surface area contributed by atoms with E-state index in [0.29, 0.717) is 6.04 Å². The molecule has 2 unspecified atom stereocenters. The van der Waals surface area contributed by atoms with Crippen LogP contribution in [0.4, 0.5) is 0 Å². The lowest BCUT2D eigenvalue weighted by atomic mass is 9.88. The van der Waals surface area contributed by atoms with Crippen molar-refractivity contribution in [2.45, 2.75) is 38.8 Å². The topological polar surface area (TPSA) is 29.3 Å². The Labute approximate surface area is 129 Å². The number of nitrogens with zero attached hydrogens (tertiary/aromatic N) is 1. The van der Waals surface area contributed by atoms with E-state index in [2.05, 4.69) is 33.8 Å². The Morgan fingerprint density at radius 3 is 2.95 bits per heavy atom. The quantitative estimate of drug-likeness (QED) is 0.892. The third-order valence-corrected chi connectivity index (χ3v) is 5.04. The first-order chi connectivity index (χ1) is 9.13. The molecule has 0 aromatic heterocycles. The summed E-state index contributed by atoms with van der Waals surface area (Å²) in [6.45, 7) is 5.04. The Morgan fingerprint density at radius 1 is 1.47 bits per heavy atom. The van der Waals surface area contributed by atoms with Crippen LogP contribution >= 0.6 is 27.5 Å². The highest BCUT2D eigenvalue weighted by Gasteiger charge is 2.26. The van der Waals surface area contributed by atoms with Crippen LogP contribution in [0.25, 0.3) is 0 Å². The summed E-state index contributed by atoms with van der Waals surface area (Å²) in [6.07, 6.45) is 3.76. The van der Waals surface area contributed by atoms with E-state index in [9.17, 15) is 0 Å². The molecule has 2 N–H and O–H groups in total. The molecule has 2 atom stereocenters. The van der Waals surface area contributed by atoms with Crippen molar-refractivity contribution in [3.63, 3.8) is 0 Å². The SMILES string of the molecule is CCC1CCN(Cc2cc(Br)ccc2Cl)C(CN)C1. The predicted octanol–water partition coefficient (Wildman–Crippen LogP) is 4.05. The minimum atomic E-state index is 0.494. The van der Waals surface area contributed by atoms with Gasteiger partial charge in [0.15, 0.2) is 0 Å². The van der Waals surface area contributed by atoms with E-state index >= 15 is 0 Å². The second kappa shape index (κ2) is 7.07. The van der Waals surface area contributed by atoms with E-state index in [1.807, 2.05) is 12.1 Å². The lowest BCUT2D eigenvalue weighted by Crippen LogP contribution is -2.46. The monoisotopic (exact) mass is 344 g/mol. The van der Waals surface area contributed by atoms with E-state index in [1.165, 1.54) is 24.8 Å². The standard InChI is InChI=1S/C15H22BrClN2/c1-2-11-5-6-19(14(7-11)9-18)10-12-8-13(16)3-4-15(12)17/h3-4,8,11,14H,2,5-7,9-10,18H2,1H3. The molecular weight excluding hydrogens is 324 g/mol. The van der Waals surface area contributed by atoms with E-state index in [4.69, 9.17) is 17.3 Å². The van der Waals surface area contributed by atoms with Gasteiger partial charge in [0.25, 0.3) is 0 Å². The normalized spacial score (nSPS) is 24.6. The van der Waals surface area contributed by atoms with Gasteiger partial charge in [0.05, 0.1) is 0 Å². The number of piperidine rings is 1. The van der Waals surface area contributed by atoms with Crippen molar-refractivity contribution in [1.29, 1.82) is 0 Å². The molecule has 0 aliphatic carbocycles. The minimum absolute atomic E-state index is 0.494. The molecule has 0 radical (unpaired) electrons. The molecule has 1 aromatic carbocycles. The van der Waals surface area contributed by atoms with Gasteiger partial charge < -0.3 is 5.73 Å². The van der Waals surface area contributed by atoms with Crippen molar-refractivity contribution in [3.05, 3.63) is 33.3 Å². The fourth-order valence-electron chi connectivity index (χ4n) is 2.89. The Kier molecular flexibility index (Phi) is 5.70. The second-order valence-electron chi connectivity index (χ2n) is 5.39. The molecule has 19 heavy (non-hydrogen) atoms. The second-order valence-corrected chi connectivity index (χ2v) is 6.72. The largest absolute Gasteiger partial charge is 0.329 e. The summed E-state index contributed by atoms with van der Waals surface area (Å²) in [5.41, 5.74) is 7.13. The van der Waals surface area contributed by atoms with E-state index < -0.39 is 0 Å². The van der Waals surface area contributed by atoms with Gasteiger partial charge in [0.1, 0.15) is 0 Å². The van der Waals surface area contributed by atoms with Gasteiger partial charge in [0.2, 0.25) is 0 Å². The number of likely N-dealkylation sites (tertiary alicyclic amines) is 1. The Hall–Kier alpha value is -0.0900. The number of benzene rings is 1. The number of halogens is 2. The average molecular weight is 346 g/mol. The highest BCUT2D eigenvalue weighted by Crippen LogP contribution is 2.28. The molecule has 1 heterocycles. The Balaban J connectivity index is 2.07. The molecule has 0 amide bonds. The molecule has 106 valence electrons. The van der Waals surface area contributed by atoms with Crippen molar-refractivity contribution < 1.29 is 0 Å². The van der Waals surface area contributed by atoms with Crippen molar-refractivity contribution >= 4 is 27.5 Å². The van der Waals surface area contributed by atoms with Crippen LogP contribution in [0.2, 0.25) is 5.02 Å². The third kappa shape index (κ3) is 3.94. The first-order valence-electron chi connectivity index (χ1n) is 7.02. The fraction of sp³-hybridized carbons (Fsp3) is 0.600. The van der Waals surface area contributed by atoms with Gasteiger partial charge in [-0.2, -0.15) is 0 Å². The summed E-state index contributed by atoms with van der Waals surface area (Å²) in [5.74, 6) is 0.836. The molecule has 0 spiro atoms. The first kappa shape index (κ1) is 15.3. The van der Waals surface area contributed by atoms with Crippen LogP contribution in [0.5, 0.6) is 0 Å². The average Bonchev–Trinajstić information content (AvgIpc) is 2.43. The van der Waals surface area contributed by atoms with Crippen molar-refractivity contribution in [2.75, 3.05) is 13.1 Å². The minimum Gasteiger partial charge on any atom is -0.329 e. The molecule has 2 rings (SSSR count). The summed E-state index contributed by atoms with van der Waals surface area (Å²) in [4.78, 5) is 2.49. The highest BCUT2D eigenvalue weighted by molar-refractivity contribution is 9.10. The van der Waals surface area contributed by atoms with Crippen LogP contribution in [0.15, 0.2) is 22.7 Å². The van der Waals surface area contributed by atoms with Gasteiger partial charge in [0, 0.05) is 28.6 Å². The Bertz CT molecular complexity index is 425. The van der Waals surface area contributed by atoms with Crippen molar-refractivity contribution in [1.82, 2.24) is 4.90 Å². The zero-order valence-electron chi connectivity index (χ0n) is 11.4. The summed E-state index contributed by atoms with van der Waals surface area (Å²) < 4.78 is 1.08. The molecule has 1 aliphatic heterocycles. The molecular formula is C15H22BrClN2. The van der Waals surface area contributed by atoms with Crippen molar-refractivity contribution in [3.8, 4) is 0 Å². The molecule has 1 fully saturated rings. The molecule has 1 aliphatic rings. The number of hydrogen-bond donors (Lipinski definition) is 1. The lowest BCUT2D eigenvalue weighted by molar-refractivity contribution is 0.107. The third-order valence-electron chi connectivity index (χ3n) is 4.18. The van der Waals surface area contributed by atoms with E-state index in [-0.39, 0.29) is 0 Å². The predicted molar refractivity (Wildman–Crippen MR) is 85.4 cm³/mol. The van der Waals surface area contributed by atoms with Crippen LogP contribution in [-0.2, 0) is 6.54 Å². The van der Waals surface area contributed by atoms with E-state index in [0.717, 1.165) is 35.0 Å². The van der Waals surface area contributed by atoms with Crippen LogP contribution in [0, 0.1) is 5.92 Å². The zero-order chi connectivity index (χ0) is 13.8. The van der Waals surface area contributed by atoms with Gasteiger partial charge in [-0.15, -0.1) is 0 Å². The number of nitrogens with two attached hydrogens (primary N) is 1. The smallest absolute Gasteiger partial charge is 0.0451 e. The fourth-order valence-corrected chi connectivity index (χ4v) is 3.48. The van der Waals surface area contributed by atoms with E-state index in [1.54, 1.807) is 0 Å². The van der Waals surface area contributed by atoms with Gasteiger partial charge in [-0.3, -0.25) is 4.90 Å². The van der Waals surface area contributed by atoms with Gasteiger partial charge >= 0.3 is 0 Å². The maximum atomic E-state index is 6.28. The number of hydrogen-bond acceptors (Lipinski definition) is 2. The molecule has 0 saturated carbocycles. The summed E-state index contributed by atoms with van der Waals surface area (Å²) in [5, 5.41) is 0.844. The van der Waals surface area contributed by atoms with Gasteiger partial charge in [-0.05, 0) is 49.1 Å². The molecule has 1 aromatic rings. The van der Waals surface area contributed by atoms with Crippen LogP contribution in [0.3, 0.4) is 0 Å².